The van der Waals surface area contributed by atoms with Crippen LogP contribution in [0.1, 0.15) is 13.8 Å². The molecule has 0 saturated heterocycles. The molecule has 0 amide bonds. The van der Waals surface area contributed by atoms with E-state index in [9.17, 15) is 0 Å². The standard InChI is InChI=1S/C7H15NO/c1-6(2)4-8-5-7(3)9/h7-9H,1,4-5H2,2-3H3/t7-/m0/s1. The third kappa shape index (κ3) is 7.66. The van der Waals surface area contributed by atoms with Crippen LogP contribution in [-0.4, -0.2) is 24.3 Å². The van der Waals surface area contributed by atoms with E-state index in [0.29, 0.717) is 6.54 Å². The lowest BCUT2D eigenvalue weighted by atomic mass is 10.3. The molecule has 0 fully saturated rings. The van der Waals surface area contributed by atoms with Gasteiger partial charge in [-0.3, -0.25) is 0 Å². The predicted octanol–water partition coefficient (Wildman–Crippen LogP) is 0.533. The van der Waals surface area contributed by atoms with E-state index in [2.05, 4.69) is 11.9 Å². The molecule has 9 heavy (non-hydrogen) atoms. The maximum absolute atomic E-state index is 8.77. The lowest BCUT2D eigenvalue weighted by molar-refractivity contribution is 0.192. The Morgan fingerprint density at radius 1 is 1.78 bits per heavy atom. The minimum absolute atomic E-state index is 0.260. The van der Waals surface area contributed by atoms with Gasteiger partial charge in [0.15, 0.2) is 0 Å². The van der Waals surface area contributed by atoms with Gasteiger partial charge < -0.3 is 10.4 Å². The Morgan fingerprint density at radius 2 is 2.33 bits per heavy atom. The average Bonchev–Trinajstić information content (AvgIpc) is 1.63. The normalized spacial score (nSPS) is 13.2. The number of nitrogens with one attached hydrogen (secondary N) is 1. The van der Waals surface area contributed by atoms with E-state index in [1.54, 1.807) is 6.92 Å². The quantitative estimate of drug-likeness (QED) is 0.543. The summed E-state index contributed by atoms with van der Waals surface area (Å²) in [5, 5.41) is 11.8. The van der Waals surface area contributed by atoms with Gasteiger partial charge in [0.2, 0.25) is 0 Å². The molecule has 0 aliphatic rings. The monoisotopic (exact) mass is 129 g/mol. The number of aliphatic hydroxyl groups is 1. The zero-order valence-corrected chi connectivity index (χ0v) is 6.15. The Balaban J connectivity index is 3.01. The van der Waals surface area contributed by atoms with E-state index < -0.39 is 0 Å². The first-order chi connectivity index (χ1) is 4.13. The van der Waals surface area contributed by atoms with Crippen LogP contribution >= 0.6 is 0 Å². The molecule has 0 heterocycles. The molecule has 0 spiro atoms. The van der Waals surface area contributed by atoms with Crippen LogP contribution in [0.15, 0.2) is 12.2 Å². The van der Waals surface area contributed by atoms with Gasteiger partial charge in [-0.1, -0.05) is 12.2 Å². The molecule has 0 aliphatic carbocycles. The van der Waals surface area contributed by atoms with Gasteiger partial charge in [-0.25, -0.2) is 0 Å². The summed E-state index contributed by atoms with van der Waals surface area (Å²) in [4.78, 5) is 0. The number of hydrogen-bond acceptors (Lipinski definition) is 2. The van der Waals surface area contributed by atoms with Crippen molar-refractivity contribution in [3.8, 4) is 0 Å². The second-order valence-corrected chi connectivity index (χ2v) is 2.44. The summed E-state index contributed by atoms with van der Waals surface area (Å²) < 4.78 is 0. The Bertz CT molecular complexity index is 88.9. The maximum atomic E-state index is 8.77. The minimum atomic E-state index is -0.260. The van der Waals surface area contributed by atoms with Crippen molar-refractivity contribution in [3.63, 3.8) is 0 Å². The van der Waals surface area contributed by atoms with Gasteiger partial charge in [-0.15, -0.1) is 0 Å². The molecule has 2 nitrogen and oxygen atoms in total. The Labute approximate surface area is 56.6 Å². The molecule has 0 radical (unpaired) electrons. The molecule has 0 aromatic carbocycles. The van der Waals surface area contributed by atoms with Gasteiger partial charge in [0.1, 0.15) is 0 Å². The third-order valence-corrected chi connectivity index (χ3v) is 0.867. The Morgan fingerprint density at radius 3 is 2.67 bits per heavy atom. The van der Waals surface area contributed by atoms with Gasteiger partial charge in [0.25, 0.3) is 0 Å². The highest BCUT2D eigenvalue weighted by Crippen LogP contribution is 1.81. The second-order valence-electron chi connectivity index (χ2n) is 2.44. The molecule has 0 aromatic rings. The van der Waals surface area contributed by atoms with E-state index in [0.717, 1.165) is 12.1 Å². The maximum Gasteiger partial charge on any atom is 0.0636 e. The topological polar surface area (TPSA) is 32.3 Å². The molecule has 54 valence electrons. The van der Waals surface area contributed by atoms with Crippen LogP contribution in [0, 0.1) is 0 Å². The van der Waals surface area contributed by atoms with Crippen LogP contribution < -0.4 is 5.32 Å². The molecule has 0 aromatic heterocycles. The Kier molecular flexibility index (Phi) is 4.36. The first-order valence-corrected chi connectivity index (χ1v) is 3.16. The van der Waals surface area contributed by atoms with Crippen molar-refractivity contribution >= 4 is 0 Å². The van der Waals surface area contributed by atoms with E-state index in [1.165, 1.54) is 0 Å². The summed E-state index contributed by atoms with van der Waals surface area (Å²) in [7, 11) is 0. The first-order valence-electron chi connectivity index (χ1n) is 3.16. The fourth-order valence-electron chi connectivity index (χ4n) is 0.494. The van der Waals surface area contributed by atoms with Crippen LogP contribution in [-0.2, 0) is 0 Å². The third-order valence-electron chi connectivity index (χ3n) is 0.867. The molecule has 2 N–H and O–H groups in total. The molecule has 2 heteroatoms. The van der Waals surface area contributed by atoms with Crippen LogP contribution in [0.25, 0.3) is 0 Å². The Hall–Kier alpha value is -0.340. The number of aliphatic hydroxyl groups excluding tert-OH is 1. The SMILES string of the molecule is C=C(C)CNC[C@H](C)O. The molecule has 0 aliphatic heterocycles. The van der Waals surface area contributed by atoms with Crippen molar-refractivity contribution in [2.75, 3.05) is 13.1 Å². The number of hydrogen-bond donors (Lipinski definition) is 2. The second kappa shape index (κ2) is 4.53. The molecule has 0 bridgehead atoms. The molecule has 0 rings (SSSR count). The van der Waals surface area contributed by atoms with Crippen molar-refractivity contribution in [2.45, 2.75) is 20.0 Å². The predicted molar refractivity (Wildman–Crippen MR) is 39.4 cm³/mol. The van der Waals surface area contributed by atoms with Gasteiger partial charge >= 0.3 is 0 Å². The fourth-order valence-corrected chi connectivity index (χ4v) is 0.494. The van der Waals surface area contributed by atoms with Crippen LogP contribution in [0.2, 0.25) is 0 Å². The van der Waals surface area contributed by atoms with Crippen LogP contribution in [0.5, 0.6) is 0 Å². The van der Waals surface area contributed by atoms with E-state index in [4.69, 9.17) is 5.11 Å². The van der Waals surface area contributed by atoms with E-state index >= 15 is 0 Å². The summed E-state index contributed by atoms with van der Waals surface area (Å²) in [5.74, 6) is 0. The summed E-state index contributed by atoms with van der Waals surface area (Å²) in [5.41, 5.74) is 1.09. The number of rotatable bonds is 4. The van der Waals surface area contributed by atoms with Gasteiger partial charge in [0.05, 0.1) is 6.10 Å². The summed E-state index contributed by atoms with van der Waals surface area (Å²) >= 11 is 0. The van der Waals surface area contributed by atoms with Crippen molar-refractivity contribution in [3.05, 3.63) is 12.2 Å². The molecular weight excluding hydrogens is 114 g/mol. The highest BCUT2D eigenvalue weighted by atomic mass is 16.3. The van der Waals surface area contributed by atoms with E-state index in [1.807, 2.05) is 6.92 Å². The highest BCUT2D eigenvalue weighted by molar-refractivity contribution is 4.90. The van der Waals surface area contributed by atoms with Crippen molar-refractivity contribution < 1.29 is 5.11 Å². The van der Waals surface area contributed by atoms with Gasteiger partial charge in [-0.05, 0) is 13.8 Å². The van der Waals surface area contributed by atoms with Gasteiger partial charge in [0, 0.05) is 13.1 Å². The lowest BCUT2D eigenvalue weighted by Gasteiger charge is -2.04. The summed E-state index contributed by atoms with van der Waals surface area (Å²) in [6, 6.07) is 0. The average molecular weight is 129 g/mol. The van der Waals surface area contributed by atoms with Crippen molar-refractivity contribution in [1.29, 1.82) is 0 Å². The molecule has 0 saturated carbocycles. The zero-order chi connectivity index (χ0) is 7.28. The highest BCUT2D eigenvalue weighted by Gasteiger charge is 1.91. The van der Waals surface area contributed by atoms with Gasteiger partial charge in [-0.2, -0.15) is 0 Å². The molecule has 1 atom stereocenters. The van der Waals surface area contributed by atoms with E-state index in [-0.39, 0.29) is 6.10 Å². The molecular formula is C7H15NO. The lowest BCUT2D eigenvalue weighted by Crippen LogP contribution is -2.25. The summed E-state index contributed by atoms with van der Waals surface area (Å²) in [6.45, 7) is 8.86. The smallest absolute Gasteiger partial charge is 0.0636 e. The minimum Gasteiger partial charge on any atom is -0.392 e. The zero-order valence-electron chi connectivity index (χ0n) is 6.15. The first kappa shape index (κ1) is 8.66. The largest absolute Gasteiger partial charge is 0.392 e. The molecule has 0 unspecified atom stereocenters. The van der Waals surface area contributed by atoms with Crippen LogP contribution in [0.3, 0.4) is 0 Å². The fraction of sp³-hybridized carbons (Fsp3) is 0.714. The van der Waals surface area contributed by atoms with Crippen molar-refractivity contribution in [1.82, 2.24) is 5.32 Å². The van der Waals surface area contributed by atoms with Crippen LogP contribution in [0.4, 0.5) is 0 Å². The van der Waals surface area contributed by atoms with Crippen molar-refractivity contribution in [2.24, 2.45) is 0 Å². The summed E-state index contributed by atoms with van der Waals surface area (Å²) in [6.07, 6.45) is -0.260.